The average Bonchev–Trinajstić information content (AvgIpc) is 2.60. The fourth-order valence-electron chi connectivity index (χ4n) is 2.03. The molecule has 0 aromatic heterocycles. The zero-order valence-corrected chi connectivity index (χ0v) is 12.6. The Bertz CT molecular complexity index is 749. The van der Waals surface area contributed by atoms with Gasteiger partial charge in [0, 0.05) is 29.5 Å². The maximum absolute atomic E-state index is 12.6. The number of benzene rings is 2. The minimum Gasteiger partial charge on any atom is -0.436 e. The molecule has 0 radical (unpaired) electrons. The van der Waals surface area contributed by atoms with Crippen LogP contribution in [0.25, 0.3) is 0 Å². The van der Waals surface area contributed by atoms with Gasteiger partial charge in [-0.1, -0.05) is 36.3 Å². The van der Waals surface area contributed by atoms with Crippen molar-refractivity contribution in [3.8, 4) is 12.3 Å². The number of rotatable bonds is 5. The van der Waals surface area contributed by atoms with Crippen molar-refractivity contribution in [2.45, 2.75) is 0 Å². The van der Waals surface area contributed by atoms with Gasteiger partial charge < -0.3 is 10.1 Å². The summed E-state index contributed by atoms with van der Waals surface area (Å²) in [5.41, 5.74) is 2.14. The summed E-state index contributed by atoms with van der Waals surface area (Å²) in [6.07, 6.45) is 4.36. The van der Waals surface area contributed by atoms with Crippen LogP contribution >= 0.6 is 0 Å². The number of hydrogen-bond acceptors (Lipinski definition) is 4. The summed E-state index contributed by atoms with van der Waals surface area (Å²) in [6.45, 7) is -0.115. The SMILES string of the molecule is C#CCOC(=O)Nc1ccc(NC)c(C(=O)c2ccccc2)c1. The second-order valence-corrected chi connectivity index (χ2v) is 4.61. The number of hydrogen-bond donors (Lipinski definition) is 2. The van der Waals surface area contributed by atoms with E-state index in [9.17, 15) is 9.59 Å². The lowest BCUT2D eigenvalue weighted by atomic mass is 10.0. The minimum atomic E-state index is -0.668. The van der Waals surface area contributed by atoms with E-state index in [0.717, 1.165) is 0 Å². The van der Waals surface area contributed by atoms with Crippen LogP contribution in [-0.4, -0.2) is 25.5 Å². The summed E-state index contributed by atoms with van der Waals surface area (Å²) in [4.78, 5) is 24.2. The first kappa shape index (κ1) is 16.1. The zero-order chi connectivity index (χ0) is 16.7. The fraction of sp³-hybridized carbons (Fsp3) is 0.111. The Labute approximate surface area is 134 Å². The van der Waals surface area contributed by atoms with Gasteiger partial charge in [-0.25, -0.2) is 4.79 Å². The molecular formula is C18H16N2O3. The van der Waals surface area contributed by atoms with Gasteiger partial charge in [0.2, 0.25) is 0 Å². The lowest BCUT2D eigenvalue weighted by Gasteiger charge is -2.11. The van der Waals surface area contributed by atoms with E-state index in [4.69, 9.17) is 11.2 Å². The predicted molar refractivity (Wildman–Crippen MR) is 89.7 cm³/mol. The summed E-state index contributed by atoms with van der Waals surface area (Å²) in [5.74, 6) is 2.06. The van der Waals surface area contributed by atoms with E-state index in [0.29, 0.717) is 22.5 Å². The Morgan fingerprint density at radius 3 is 2.57 bits per heavy atom. The number of carbonyl (C=O) groups is 2. The highest BCUT2D eigenvalue weighted by atomic mass is 16.5. The van der Waals surface area contributed by atoms with Gasteiger partial charge in [-0.15, -0.1) is 6.42 Å². The molecule has 2 rings (SSSR count). The van der Waals surface area contributed by atoms with Gasteiger partial charge in [-0.2, -0.15) is 0 Å². The summed E-state index contributed by atoms with van der Waals surface area (Å²) < 4.78 is 4.75. The minimum absolute atomic E-state index is 0.115. The van der Waals surface area contributed by atoms with Crippen molar-refractivity contribution in [1.82, 2.24) is 0 Å². The third kappa shape index (κ3) is 4.11. The van der Waals surface area contributed by atoms with E-state index in [1.165, 1.54) is 0 Å². The molecule has 0 saturated carbocycles. The fourth-order valence-corrected chi connectivity index (χ4v) is 2.03. The Morgan fingerprint density at radius 2 is 1.91 bits per heavy atom. The van der Waals surface area contributed by atoms with Crippen LogP contribution in [0.5, 0.6) is 0 Å². The molecule has 2 aromatic rings. The summed E-state index contributed by atoms with van der Waals surface area (Å²) >= 11 is 0. The molecule has 116 valence electrons. The highest BCUT2D eigenvalue weighted by molar-refractivity contribution is 6.13. The number of carbonyl (C=O) groups excluding carboxylic acids is 2. The Balaban J connectivity index is 2.28. The summed E-state index contributed by atoms with van der Waals surface area (Å²) in [5, 5.41) is 5.51. The molecule has 0 aliphatic heterocycles. The maximum Gasteiger partial charge on any atom is 0.412 e. The van der Waals surface area contributed by atoms with Gasteiger partial charge in [0.1, 0.15) is 0 Å². The van der Waals surface area contributed by atoms with Crippen LogP contribution in [0, 0.1) is 12.3 Å². The monoisotopic (exact) mass is 308 g/mol. The van der Waals surface area contributed by atoms with Gasteiger partial charge in [-0.3, -0.25) is 10.1 Å². The van der Waals surface area contributed by atoms with Crippen molar-refractivity contribution in [1.29, 1.82) is 0 Å². The van der Waals surface area contributed by atoms with E-state index in [1.807, 2.05) is 6.07 Å². The molecule has 23 heavy (non-hydrogen) atoms. The van der Waals surface area contributed by atoms with Crippen molar-refractivity contribution >= 4 is 23.3 Å². The van der Waals surface area contributed by atoms with Crippen LogP contribution in [0.1, 0.15) is 15.9 Å². The normalized spacial score (nSPS) is 9.57. The van der Waals surface area contributed by atoms with Crippen molar-refractivity contribution < 1.29 is 14.3 Å². The van der Waals surface area contributed by atoms with Gasteiger partial charge in [0.25, 0.3) is 0 Å². The van der Waals surface area contributed by atoms with Crippen LogP contribution in [0.15, 0.2) is 48.5 Å². The van der Waals surface area contributed by atoms with Crippen molar-refractivity contribution in [2.75, 3.05) is 24.3 Å². The first-order chi connectivity index (χ1) is 11.2. The smallest absolute Gasteiger partial charge is 0.412 e. The standard InChI is InChI=1S/C18H16N2O3/c1-3-11-23-18(22)20-14-9-10-16(19-2)15(12-14)17(21)13-7-5-4-6-8-13/h1,4-10,12,19H,11H2,2H3,(H,20,22). The third-order valence-electron chi connectivity index (χ3n) is 3.10. The second-order valence-electron chi connectivity index (χ2n) is 4.61. The topological polar surface area (TPSA) is 67.4 Å². The van der Waals surface area contributed by atoms with Crippen LogP contribution in [0.4, 0.5) is 16.2 Å². The molecule has 0 heterocycles. The molecule has 0 aliphatic carbocycles. The highest BCUT2D eigenvalue weighted by Crippen LogP contribution is 2.23. The van der Waals surface area contributed by atoms with E-state index in [2.05, 4.69) is 16.6 Å². The third-order valence-corrected chi connectivity index (χ3v) is 3.10. The van der Waals surface area contributed by atoms with Gasteiger partial charge in [-0.05, 0) is 18.2 Å². The zero-order valence-electron chi connectivity index (χ0n) is 12.6. The van der Waals surface area contributed by atoms with Crippen molar-refractivity contribution in [3.05, 3.63) is 59.7 Å². The lowest BCUT2D eigenvalue weighted by molar-refractivity contribution is 0.103. The molecule has 0 spiro atoms. The highest BCUT2D eigenvalue weighted by Gasteiger charge is 2.14. The number of ether oxygens (including phenoxy) is 1. The molecule has 0 atom stereocenters. The lowest BCUT2D eigenvalue weighted by Crippen LogP contribution is -2.14. The number of terminal acetylenes is 1. The van der Waals surface area contributed by atoms with Gasteiger partial charge >= 0.3 is 6.09 Å². The van der Waals surface area contributed by atoms with Crippen molar-refractivity contribution in [3.63, 3.8) is 0 Å². The van der Waals surface area contributed by atoms with Crippen LogP contribution < -0.4 is 10.6 Å². The summed E-state index contributed by atoms with van der Waals surface area (Å²) in [7, 11) is 1.73. The Kier molecular flexibility index (Phi) is 5.37. The van der Waals surface area contributed by atoms with Gasteiger partial charge in [0.05, 0.1) is 0 Å². The maximum atomic E-state index is 12.6. The van der Waals surface area contributed by atoms with Crippen LogP contribution in [0.3, 0.4) is 0 Å². The molecule has 5 heteroatoms. The van der Waals surface area contributed by atoms with Gasteiger partial charge in [0.15, 0.2) is 12.4 Å². The van der Waals surface area contributed by atoms with E-state index in [1.54, 1.807) is 49.5 Å². The number of anilines is 2. The molecule has 1 amide bonds. The molecule has 0 aliphatic rings. The first-order valence-corrected chi connectivity index (χ1v) is 6.94. The van der Waals surface area contributed by atoms with E-state index >= 15 is 0 Å². The van der Waals surface area contributed by atoms with Crippen LogP contribution in [0.2, 0.25) is 0 Å². The molecule has 0 unspecified atom stereocenters. The van der Waals surface area contributed by atoms with Crippen molar-refractivity contribution in [2.24, 2.45) is 0 Å². The van der Waals surface area contributed by atoms with Crippen LogP contribution in [-0.2, 0) is 4.74 Å². The quantitative estimate of drug-likeness (QED) is 0.658. The molecule has 0 bridgehead atoms. The Hall–Kier alpha value is -3.26. The van der Waals surface area contributed by atoms with E-state index in [-0.39, 0.29) is 12.4 Å². The summed E-state index contributed by atoms with van der Waals surface area (Å²) in [6, 6.07) is 13.9. The second kappa shape index (κ2) is 7.66. The number of nitrogens with one attached hydrogen (secondary N) is 2. The number of ketones is 1. The average molecular weight is 308 g/mol. The molecular weight excluding hydrogens is 292 g/mol. The largest absolute Gasteiger partial charge is 0.436 e. The van der Waals surface area contributed by atoms with E-state index < -0.39 is 6.09 Å². The number of amides is 1. The molecule has 5 nitrogen and oxygen atoms in total. The molecule has 0 saturated heterocycles. The molecule has 0 fully saturated rings. The first-order valence-electron chi connectivity index (χ1n) is 6.94. The Morgan fingerprint density at radius 1 is 1.17 bits per heavy atom. The predicted octanol–water partition coefficient (Wildman–Crippen LogP) is 3.14. The molecule has 2 aromatic carbocycles. The molecule has 2 N–H and O–H groups in total.